The molecule has 4 aromatic rings. The quantitative estimate of drug-likeness (QED) is 0.407. The van der Waals surface area contributed by atoms with Crippen LogP contribution in [-0.4, -0.2) is 46.9 Å². The van der Waals surface area contributed by atoms with Gasteiger partial charge >= 0.3 is 0 Å². The van der Waals surface area contributed by atoms with Crippen LogP contribution in [0.5, 0.6) is 0 Å². The molecule has 1 aromatic heterocycles. The van der Waals surface area contributed by atoms with Gasteiger partial charge in [0.15, 0.2) is 0 Å². The molecule has 2 N–H and O–H groups in total. The molecular weight excluding hydrogens is 448 g/mol. The fourth-order valence-corrected chi connectivity index (χ4v) is 4.54. The number of rotatable bonds is 7. The number of benzene rings is 3. The molecule has 6 nitrogen and oxygen atoms in total. The molecule has 2 heterocycles. The highest BCUT2D eigenvalue weighted by Crippen LogP contribution is 2.17. The van der Waals surface area contributed by atoms with E-state index in [2.05, 4.69) is 50.4 Å². The van der Waals surface area contributed by atoms with Gasteiger partial charge in [0, 0.05) is 50.6 Å². The molecule has 6 heteroatoms. The van der Waals surface area contributed by atoms with E-state index in [4.69, 9.17) is 0 Å². The number of hydrogen-bond acceptors (Lipinski definition) is 4. The van der Waals surface area contributed by atoms with Crippen molar-refractivity contribution in [2.75, 3.05) is 31.5 Å². The summed E-state index contributed by atoms with van der Waals surface area (Å²) in [7, 11) is 0. The van der Waals surface area contributed by atoms with Crippen LogP contribution in [0.3, 0.4) is 0 Å². The summed E-state index contributed by atoms with van der Waals surface area (Å²) in [5.74, 6) is -0.418. The summed E-state index contributed by atoms with van der Waals surface area (Å²) in [6.45, 7) is 6.07. The normalized spacial score (nSPS) is 14.4. The van der Waals surface area contributed by atoms with E-state index in [1.165, 1.54) is 11.1 Å². The first-order valence-corrected chi connectivity index (χ1v) is 12.3. The molecule has 1 fully saturated rings. The van der Waals surface area contributed by atoms with E-state index >= 15 is 0 Å². The first kappa shape index (κ1) is 23.7. The average molecular weight is 479 g/mol. The predicted octanol–water partition coefficient (Wildman–Crippen LogP) is 4.61. The number of piperazine rings is 1. The molecular formula is C30H30N4O2. The summed E-state index contributed by atoms with van der Waals surface area (Å²) in [4.78, 5) is 33.0. The van der Waals surface area contributed by atoms with E-state index in [0.29, 0.717) is 11.4 Å². The molecule has 1 saturated heterocycles. The summed E-state index contributed by atoms with van der Waals surface area (Å²) in [6, 6.07) is 31.4. The lowest BCUT2D eigenvalue weighted by Gasteiger charge is -2.34. The predicted molar refractivity (Wildman–Crippen MR) is 144 cm³/mol. The minimum absolute atomic E-state index is 0.0899. The number of anilines is 1. The van der Waals surface area contributed by atoms with Crippen LogP contribution in [0.15, 0.2) is 102 Å². The molecule has 0 atom stereocenters. The second-order valence-electron chi connectivity index (χ2n) is 9.17. The van der Waals surface area contributed by atoms with Gasteiger partial charge in [-0.05, 0) is 41.0 Å². The van der Waals surface area contributed by atoms with E-state index in [1.54, 1.807) is 12.1 Å². The van der Waals surface area contributed by atoms with Gasteiger partial charge in [0.05, 0.1) is 0 Å². The maximum Gasteiger partial charge on any atom is 0.261 e. The Kier molecular flexibility index (Phi) is 7.36. The first-order valence-electron chi connectivity index (χ1n) is 12.3. The molecule has 36 heavy (non-hydrogen) atoms. The second-order valence-corrected chi connectivity index (χ2v) is 9.17. The van der Waals surface area contributed by atoms with Gasteiger partial charge in [-0.3, -0.25) is 19.4 Å². The minimum atomic E-state index is -0.418. The molecule has 0 saturated carbocycles. The summed E-state index contributed by atoms with van der Waals surface area (Å²) >= 11 is 0. The smallest absolute Gasteiger partial charge is 0.261 e. The van der Waals surface area contributed by atoms with Crippen LogP contribution in [0.4, 0.5) is 5.69 Å². The van der Waals surface area contributed by atoms with Crippen molar-refractivity contribution in [3.63, 3.8) is 0 Å². The second kappa shape index (κ2) is 11.2. The summed E-state index contributed by atoms with van der Waals surface area (Å²) in [6.07, 6.45) is 0. The summed E-state index contributed by atoms with van der Waals surface area (Å²) in [5.41, 5.74) is 4.50. The maximum atomic E-state index is 12.7. The molecule has 3 aromatic carbocycles. The number of H-pyrrole nitrogens is 1. The van der Waals surface area contributed by atoms with Gasteiger partial charge in [0.1, 0.15) is 5.56 Å². The molecule has 0 aliphatic carbocycles. The van der Waals surface area contributed by atoms with Crippen LogP contribution in [0.2, 0.25) is 0 Å². The van der Waals surface area contributed by atoms with Crippen molar-refractivity contribution in [1.29, 1.82) is 0 Å². The van der Waals surface area contributed by atoms with Crippen LogP contribution >= 0.6 is 0 Å². The van der Waals surface area contributed by atoms with Crippen molar-refractivity contribution in [3.8, 4) is 11.3 Å². The fourth-order valence-electron chi connectivity index (χ4n) is 4.54. The Morgan fingerprint density at radius 3 is 1.83 bits per heavy atom. The van der Waals surface area contributed by atoms with Crippen LogP contribution in [0.25, 0.3) is 11.3 Å². The molecule has 5 rings (SSSR count). The number of carbonyl (C=O) groups excluding carboxylic acids is 1. The lowest BCUT2D eigenvalue weighted by molar-refractivity contribution is 0.102. The average Bonchev–Trinajstić information content (AvgIpc) is 2.92. The Labute approximate surface area is 211 Å². The third-order valence-corrected chi connectivity index (χ3v) is 6.57. The van der Waals surface area contributed by atoms with E-state index in [0.717, 1.165) is 44.8 Å². The van der Waals surface area contributed by atoms with Gasteiger partial charge in [-0.15, -0.1) is 0 Å². The Hall–Kier alpha value is -4.00. The number of nitrogens with zero attached hydrogens (tertiary/aromatic N) is 2. The zero-order chi connectivity index (χ0) is 24.7. The summed E-state index contributed by atoms with van der Waals surface area (Å²) in [5, 5.41) is 2.84. The number of hydrogen-bond donors (Lipinski definition) is 2. The molecule has 0 spiro atoms. The van der Waals surface area contributed by atoms with Crippen molar-refractivity contribution in [3.05, 3.63) is 124 Å². The van der Waals surface area contributed by atoms with Crippen LogP contribution in [0, 0.1) is 0 Å². The van der Waals surface area contributed by atoms with E-state index < -0.39 is 11.5 Å². The number of nitrogens with one attached hydrogen (secondary N) is 2. The number of aromatic nitrogens is 1. The van der Waals surface area contributed by atoms with Gasteiger partial charge in [-0.25, -0.2) is 0 Å². The zero-order valence-corrected chi connectivity index (χ0v) is 20.2. The number of carbonyl (C=O) groups is 1. The van der Waals surface area contributed by atoms with Crippen molar-refractivity contribution in [1.82, 2.24) is 14.8 Å². The van der Waals surface area contributed by atoms with Crippen molar-refractivity contribution >= 4 is 11.6 Å². The molecule has 1 amide bonds. The lowest BCUT2D eigenvalue weighted by atomic mass is 10.1. The molecule has 1 aliphatic heterocycles. The van der Waals surface area contributed by atoms with Crippen LogP contribution < -0.4 is 10.9 Å². The summed E-state index contributed by atoms with van der Waals surface area (Å²) < 4.78 is 0. The van der Waals surface area contributed by atoms with Crippen molar-refractivity contribution < 1.29 is 4.79 Å². The van der Waals surface area contributed by atoms with E-state index in [1.807, 2.05) is 54.6 Å². The zero-order valence-electron chi connectivity index (χ0n) is 20.2. The Morgan fingerprint density at radius 2 is 1.25 bits per heavy atom. The van der Waals surface area contributed by atoms with Crippen LogP contribution in [-0.2, 0) is 13.1 Å². The molecule has 1 aliphatic rings. The van der Waals surface area contributed by atoms with Gasteiger partial charge in [0.2, 0.25) is 0 Å². The molecule has 0 radical (unpaired) electrons. The molecule has 182 valence electrons. The highest BCUT2D eigenvalue weighted by molar-refractivity contribution is 6.04. The van der Waals surface area contributed by atoms with E-state index in [9.17, 15) is 9.59 Å². The lowest BCUT2D eigenvalue weighted by Crippen LogP contribution is -2.45. The topological polar surface area (TPSA) is 68.4 Å². The largest absolute Gasteiger partial charge is 0.322 e. The number of amides is 1. The standard InChI is InChI=1S/C30H30N4O2/c35-29(27-15-16-28(32-30(27)36)25-9-5-2-6-10-25)31-26-13-11-24(12-14-26)22-34-19-17-33(18-20-34)21-23-7-3-1-4-8-23/h1-16H,17-22H2,(H,31,35)(H,32,36). The van der Waals surface area contributed by atoms with Gasteiger partial charge < -0.3 is 10.3 Å². The monoisotopic (exact) mass is 478 g/mol. The van der Waals surface area contributed by atoms with Crippen molar-refractivity contribution in [2.45, 2.75) is 13.1 Å². The third kappa shape index (κ3) is 5.97. The van der Waals surface area contributed by atoms with Gasteiger partial charge in [-0.2, -0.15) is 0 Å². The van der Waals surface area contributed by atoms with Crippen molar-refractivity contribution in [2.24, 2.45) is 0 Å². The van der Waals surface area contributed by atoms with Gasteiger partial charge in [0.25, 0.3) is 11.5 Å². The van der Waals surface area contributed by atoms with Gasteiger partial charge in [-0.1, -0.05) is 72.8 Å². The Morgan fingerprint density at radius 1 is 0.694 bits per heavy atom. The third-order valence-electron chi connectivity index (χ3n) is 6.57. The Balaban J connectivity index is 1.13. The Bertz CT molecular complexity index is 1340. The highest BCUT2D eigenvalue weighted by Gasteiger charge is 2.17. The van der Waals surface area contributed by atoms with Crippen LogP contribution in [0.1, 0.15) is 21.5 Å². The minimum Gasteiger partial charge on any atom is -0.322 e. The SMILES string of the molecule is O=C(Nc1ccc(CN2CCN(Cc3ccccc3)CC2)cc1)c1ccc(-c2ccccc2)[nH]c1=O. The molecule has 0 unspecified atom stereocenters. The first-order chi connectivity index (χ1) is 17.6. The highest BCUT2D eigenvalue weighted by atomic mass is 16.2. The number of aromatic amines is 1. The fraction of sp³-hybridized carbons (Fsp3) is 0.200. The number of pyridine rings is 1. The maximum absolute atomic E-state index is 12.7. The molecule has 0 bridgehead atoms. The van der Waals surface area contributed by atoms with E-state index in [-0.39, 0.29) is 5.56 Å².